The van der Waals surface area contributed by atoms with E-state index in [1.807, 2.05) is 0 Å². The van der Waals surface area contributed by atoms with Gasteiger partial charge in [0.25, 0.3) is 10.0 Å². The molecule has 3 aromatic rings. The van der Waals surface area contributed by atoms with Crippen molar-refractivity contribution in [3.05, 3.63) is 84.4 Å². The van der Waals surface area contributed by atoms with Crippen LogP contribution in [0.5, 0.6) is 0 Å². The standard InChI is InChI=1S/C21H21N3O6S2/c22-16-7-5-11-19(13-16)32(29,30)23-17-8-4-6-15(12-17)20(14-21(25)26)24-31(27,28)18-9-2-1-3-10-18/h1-13,20,23-24H,14,22H2,(H,25,26). The van der Waals surface area contributed by atoms with Crippen LogP contribution >= 0.6 is 0 Å². The molecule has 0 radical (unpaired) electrons. The molecule has 0 spiro atoms. The van der Waals surface area contributed by atoms with Crippen LogP contribution in [-0.4, -0.2) is 27.9 Å². The van der Waals surface area contributed by atoms with Crippen molar-refractivity contribution in [3.63, 3.8) is 0 Å². The number of sulfonamides is 2. The van der Waals surface area contributed by atoms with Crippen LogP contribution in [0.1, 0.15) is 18.0 Å². The largest absolute Gasteiger partial charge is 0.481 e. The summed E-state index contributed by atoms with van der Waals surface area (Å²) in [7, 11) is -7.98. The number of benzene rings is 3. The molecule has 0 aliphatic carbocycles. The SMILES string of the molecule is Nc1cccc(S(=O)(=O)Nc2cccc(C(CC(=O)O)NS(=O)(=O)c3ccccc3)c2)c1. The number of carboxylic acids is 1. The van der Waals surface area contributed by atoms with Crippen LogP contribution in [0.25, 0.3) is 0 Å². The maximum atomic E-state index is 12.7. The van der Waals surface area contributed by atoms with Gasteiger partial charge in [-0.05, 0) is 48.0 Å². The Morgan fingerprint density at radius 1 is 0.844 bits per heavy atom. The second-order valence-corrected chi connectivity index (χ2v) is 10.3. The van der Waals surface area contributed by atoms with E-state index >= 15 is 0 Å². The number of anilines is 2. The lowest BCUT2D eigenvalue weighted by atomic mass is 10.0. The van der Waals surface area contributed by atoms with Crippen LogP contribution in [0, 0.1) is 0 Å². The van der Waals surface area contributed by atoms with Crippen molar-refractivity contribution < 1.29 is 26.7 Å². The van der Waals surface area contributed by atoms with Crippen LogP contribution in [0.4, 0.5) is 11.4 Å². The lowest BCUT2D eigenvalue weighted by Gasteiger charge is -2.19. The maximum absolute atomic E-state index is 12.7. The van der Waals surface area contributed by atoms with Crippen molar-refractivity contribution in [2.75, 3.05) is 10.5 Å². The van der Waals surface area contributed by atoms with E-state index in [2.05, 4.69) is 9.44 Å². The van der Waals surface area contributed by atoms with E-state index < -0.39 is 38.5 Å². The van der Waals surface area contributed by atoms with Gasteiger partial charge in [-0.1, -0.05) is 36.4 Å². The molecule has 0 aromatic heterocycles. The zero-order valence-electron chi connectivity index (χ0n) is 16.7. The molecular formula is C21H21N3O6S2. The van der Waals surface area contributed by atoms with Gasteiger partial charge in [-0.15, -0.1) is 0 Å². The average Bonchev–Trinajstić information content (AvgIpc) is 2.73. The third-order valence-corrected chi connectivity index (χ3v) is 7.31. The molecule has 3 rings (SSSR count). The van der Waals surface area contributed by atoms with Crippen molar-refractivity contribution in [1.29, 1.82) is 0 Å². The predicted molar refractivity (Wildman–Crippen MR) is 120 cm³/mol. The summed E-state index contributed by atoms with van der Waals surface area (Å²) in [6.07, 6.45) is -0.544. The monoisotopic (exact) mass is 475 g/mol. The van der Waals surface area contributed by atoms with E-state index in [-0.39, 0.29) is 26.7 Å². The summed E-state index contributed by atoms with van der Waals surface area (Å²) in [5.41, 5.74) is 6.34. The molecule has 0 saturated heterocycles. The van der Waals surface area contributed by atoms with Gasteiger partial charge < -0.3 is 10.8 Å². The number of carbonyl (C=O) groups is 1. The van der Waals surface area contributed by atoms with Gasteiger partial charge in [0, 0.05) is 11.4 Å². The normalized spacial score (nSPS) is 12.8. The van der Waals surface area contributed by atoms with E-state index in [4.69, 9.17) is 5.73 Å². The fourth-order valence-corrected chi connectivity index (χ4v) is 5.32. The number of carboxylic acid groups (broad SMARTS) is 1. The highest BCUT2D eigenvalue weighted by atomic mass is 32.2. The predicted octanol–water partition coefficient (Wildman–Crippen LogP) is 2.56. The molecule has 1 unspecified atom stereocenters. The number of hydrogen-bond donors (Lipinski definition) is 4. The van der Waals surface area contributed by atoms with E-state index in [9.17, 15) is 26.7 Å². The first-order chi connectivity index (χ1) is 15.1. The Kier molecular flexibility index (Phi) is 6.82. The molecule has 0 fully saturated rings. The molecule has 11 heteroatoms. The molecule has 0 amide bonds. The molecule has 5 N–H and O–H groups in total. The topological polar surface area (TPSA) is 156 Å². The Labute approximate surface area is 186 Å². The van der Waals surface area contributed by atoms with Gasteiger partial charge in [0.05, 0.1) is 22.3 Å². The van der Waals surface area contributed by atoms with Gasteiger partial charge in [0.15, 0.2) is 0 Å². The van der Waals surface area contributed by atoms with Crippen molar-refractivity contribution >= 4 is 37.4 Å². The highest BCUT2D eigenvalue weighted by molar-refractivity contribution is 7.92. The lowest BCUT2D eigenvalue weighted by Crippen LogP contribution is -2.30. The number of rotatable bonds is 9. The fourth-order valence-electron chi connectivity index (χ4n) is 2.97. The second-order valence-electron chi connectivity index (χ2n) is 6.89. The summed E-state index contributed by atoms with van der Waals surface area (Å²) in [5, 5.41) is 9.28. The Hall–Kier alpha value is -3.41. The zero-order valence-corrected chi connectivity index (χ0v) is 18.3. The quantitative estimate of drug-likeness (QED) is 0.347. The first kappa shape index (κ1) is 23.3. The summed E-state index contributed by atoms with van der Waals surface area (Å²) in [6, 6.07) is 18.0. The molecule has 0 saturated carbocycles. The third-order valence-electron chi connectivity index (χ3n) is 4.44. The van der Waals surface area contributed by atoms with E-state index in [0.717, 1.165) is 0 Å². The van der Waals surface area contributed by atoms with Gasteiger partial charge in [-0.3, -0.25) is 9.52 Å². The van der Waals surface area contributed by atoms with E-state index in [0.29, 0.717) is 0 Å². The highest BCUT2D eigenvalue weighted by Crippen LogP contribution is 2.25. The summed E-state index contributed by atoms with van der Waals surface area (Å²) in [6.45, 7) is 0. The summed E-state index contributed by atoms with van der Waals surface area (Å²) < 4.78 is 55.5. The molecule has 0 aliphatic heterocycles. The Balaban J connectivity index is 1.91. The summed E-state index contributed by atoms with van der Waals surface area (Å²) >= 11 is 0. The number of nitrogens with one attached hydrogen (secondary N) is 2. The second kappa shape index (κ2) is 9.39. The average molecular weight is 476 g/mol. The molecule has 168 valence electrons. The number of aliphatic carboxylic acids is 1. The zero-order chi connectivity index (χ0) is 23.4. The van der Waals surface area contributed by atoms with Crippen molar-refractivity contribution in [2.24, 2.45) is 0 Å². The minimum atomic E-state index is -4.01. The molecule has 0 aliphatic rings. The molecule has 9 nitrogen and oxygen atoms in total. The first-order valence-corrected chi connectivity index (χ1v) is 12.3. The van der Waals surface area contributed by atoms with Crippen LogP contribution in [0.15, 0.2) is 88.7 Å². The summed E-state index contributed by atoms with van der Waals surface area (Å²) in [4.78, 5) is 11.3. The van der Waals surface area contributed by atoms with Gasteiger partial charge in [-0.2, -0.15) is 0 Å². The number of hydrogen-bond acceptors (Lipinski definition) is 6. The van der Waals surface area contributed by atoms with Gasteiger partial charge in [-0.25, -0.2) is 21.6 Å². The summed E-state index contributed by atoms with van der Waals surface area (Å²) in [5.74, 6) is -1.23. The Bertz CT molecular complexity index is 1330. The smallest absolute Gasteiger partial charge is 0.305 e. The van der Waals surface area contributed by atoms with Crippen molar-refractivity contribution in [2.45, 2.75) is 22.3 Å². The minimum Gasteiger partial charge on any atom is -0.481 e. The molecule has 0 heterocycles. The van der Waals surface area contributed by atoms with Gasteiger partial charge in [0.1, 0.15) is 0 Å². The Morgan fingerprint density at radius 3 is 2.16 bits per heavy atom. The van der Waals surface area contributed by atoms with Crippen LogP contribution in [0.2, 0.25) is 0 Å². The number of nitrogen functional groups attached to an aromatic ring is 1. The highest BCUT2D eigenvalue weighted by Gasteiger charge is 2.24. The lowest BCUT2D eigenvalue weighted by molar-refractivity contribution is -0.137. The first-order valence-electron chi connectivity index (χ1n) is 9.34. The van der Waals surface area contributed by atoms with Gasteiger partial charge in [0.2, 0.25) is 10.0 Å². The van der Waals surface area contributed by atoms with Crippen LogP contribution < -0.4 is 15.2 Å². The van der Waals surface area contributed by atoms with E-state index in [1.54, 1.807) is 24.3 Å². The molecule has 0 bridgehead atoms. The van der Waals surface area contributed by atoms with Crippen LogP contribution in [0.3, 0.4) is 0 Å². The van der Waals surface area contributed by atoms with E-state index in [1.165, 1.54) is 54.6 Å². The molecular weight excluding hydrogens is 454 g/mol. The van der Waals surface area contributed by atoms with Crippen LogP contribution in [-0.2, 0) is 24.8 Å². The minimum absolute atomic E-state index is 0.0195. The number of nitrogens with two attached hydrogens (primary N) is 1. The Morgan fingerprint density at radius 2 is 1.50 bits per heavy atom. The third kappa shape index (κ3) is 5.84. The van der Waals surface area contributed by atoms with Crippen molar-refractivity contribution in [3.8, 4) is 0 Å². The molecule has 32 heavy (non-hydrogen) atoms. The fraction of sp³-hybridized carbons (Fsp3) is 0.0952. The van der Waals surface area contributed by atoms with Gasteiger partial charge >= 0.3 is 5.97 Å². The molecule has 3 aromatic carbocycles. The molecule has 1 atom stereocenters. The van der Waals surface area contributed by atoms with Crippen molar-refractivity contribution in [1.82, 2.24) is 4.72 Å². The maximum Gasteiger partial charge on any atom is 0.305 e.